The van der Waals surface area contributed by atoms with E-state index in [2.05, 4.69) is 5.32 Å². The van der Waals surface area contributed by atoms with E-state index in [1.54, 1.807) is 13.8 Å². The molecular formula is C12H17FN2O2. The highest BCUT2D eigenvalue weighted by Gasteiger charge is 2.26. The maximum absolute atomic E-state index is 13.2. The molecule has 0 atom stereocenters. The van der Waals surface area contributed by atoms with Gasteiger partial charge in [0.05, 0.1) is 0 Å². The third-order valence-electron chi connectivity index (χ3n) is 2.58. The summed E-state index contributed by atoms with van der Waals surface area (Å²) in [5.74, 6) is -0.675. The van der Waals surface area contributed by atoms with Crippen molar-refractivity contribution in [3.63, 3.8) is 0 Å². The van der Waals surface area contributed by atoms with Crippen molar-refractivity contribution in [2.24, 2.45) is 5.73 Å². The lowest BCUT2D eigenvalue weighted by atomic mass is 10.1. The van der Waals surface area contributed by atoms with E-state index in [9.17, 15) is 9.18 Å². The summed E-state index contributed by atoms with van der Waals surface area (Å²) in [6.45, 7) is 3.38. The molecule has 0 aromatic heterocycles. The summed E-state index contributed by atoms with van der Waals surface area (Å²) in [5.41, 5.74) is 5.31. The molecule has 4 nitrogen and oxygen atoms in total. The minimum absolute atomic E-state index is 0.0865. The molecule has 5 heteroatoms. The van der Waals surface area contributed by atoms with Crippen LogP contribution in [-0.2, 0) is 16.1 Å². The number of halogens is 1. The Hall–Kier alpha value is -1.46. The summed E-state index contributed by atoms with van der Waals surface area (Å²) in [6.07, 6.45) is 0. The molecule has 0 aliphatic carbocycles. The zero-order chi connectivity index (χ0) is 13.1. The minimum Gasteiger partial charge on any atom is -0.369 e. The summed E-state index contributed by atoms with van der Waals surface area (Å²) in [7, 11) is 1.45. The van der Waals surface area contributed by atoms with Crippen LogP contribution in [0.4, 0.5) is 10.1 Å². The number of carbonyl (C=O) groups is 1. The van der Waals surface area contributed by atoms with E-state index in [-0.39, 0.29) is 18.3 Å². The van der Waals surface area contributed by atoms with E-state index < -0.39 is 5.60 Å². The third kappa shape index (κ3) is 3.25. The molecule has 0 fully saturated rings. The Kier molecular flexibility index (Phi) is 4.20. The summed E-state index contributed by atoms with van der Waals surface area (Å²) < 4.78 is 18.2. The van der Waals surface area contributed by atoms with E-state index in [0.717, 1.165) is 0 Å². The molecular weight excluding hydrogens is 223 g/mol. The van der Waals surface area contributed by atoms with Crippen LogP contribution in [0, 0.1) is 5.82 Å². The first-order valence-corrected chi connectivity index (χ1v) is 5.26. The molecule has 0 aliphatic heterocycles. The second-order valence-corrected chi connectivity index (χ2v) is 4.18. The van der Waals surface area contributed by atoms with Crippen LogP contribution in [-0.4, -0.2) is 18.6 Å². The van der Waals surface area contributed by atoms with Crippen molar-refractivity contribution >= 4 is 11.6 Å². The molecule has 0 saturated carbocycles. The third-order valence-corrected chi connectivity index (χ3v) is 2.58. The summed E-state index contributed by atoms with van der Waals surface area (Å²) >= 11 is 0. The highest BCUT2D eigenvalue weighted by Crippen LogP contribution is 2.17. The van der Waals surface area contributed by atoms with Crippen LogP contribution in [0.1, 0.15) is 19.4 Å². The lowest BCUT2D eigenvalue weighted by Gasteiger charge is -2.21. The van der Waals surface area contributed by atoms with E-state index in [1.165, 1.54) is 25.3 Å². The SMILES string of the molecule is COC(C)(C)C(=O)Nc1ccc(F)c(CN)c1. The van der Waals surface area contributed by atoms with E-state index in [1.807, 2.05) is 0 Å². The Morgan fingerprint density at radius 1 is 1.53 bits per heavy atom. The average molecular weight is 240 g/mol. The first-order valence-electron chi connectivity index (χ1n) is 5.26. The van der Waals surface area contributed by atoms with Crippen LogP contribution < -0.4 is 11.1 Å². The number of hydrogen-bond donors (Lipinski definition) is 2. The Morgan fingerprint density at radius 3 is 2.71 bits per heavy atom. The Bertz CT molecular complexity index is 419. The molecule has 1 amide bonds. The smallest absolute Gasteiger partial charge is 0.256 e. The fourth-order valence-corrected chi connectivity index (χ4v) is 1.18. The Balaban J connectivity index is 2.86. The van der Waals surface area contributed by atoms with Crippen LogP contribution in [0.25, 0.3) is 0 Å². The summed E-state index contributed by atoms with van der Waals surface area (Å²) in [6, 6.07) is 4.27. The maximum Gasteiger partial charge on any atom is 0.256 e. The maximum atomic E-state index is 13.2. The first-order chi connectivity index (χ1) is 7.90. The molecule has 94 valence electrons. The average Bonchev–Trinajstić information content (AvgIpc) is 2.31. The van der Waals surface area contributed by atoms with Crippen molar-refractivity contribution in [3.8, 4) is 0 Å². The fourth-order valence-electron chi connectivity index (χ4n) is 1.18. The molecule has 0 spiro atoms. The van der Waals surface area contributed by atoms with Gasteiger partial charge >= 0.3 is 0 Å². The molecule has 1 aromatic rings. The van der Waals surface area contributed by atoms with Gasteiger partial charge in [0.15, 0.2) is 0 Å². The van der Waals surface area contributed by atoms with Crippen molar-refractivity contribution in [2.45, 2.75) is 26.0 Å². The van der Waals surface area contributed by atoms with E-state index in [0.29, 0.717) is 11.3 Å². The zero-order valence-corrected chi connectivity index (χ0v) is 10.2. The number of hydrogen-bond acceptors (Lipinski definition) is 3. The minimum atomic E-state index is -0.933. The molecule has 0 bridgehead atoms. The molecule has 0 heterocycles. The number of methoxy groups -OCH3 is 1. The number of rotatable bonds is 4. The fraction of sp³-hybridized carbons (Fsp3) is 0.417. The standard InChI is InChI=1S/C12H17FN2O2/c1-12(2,17-3)11(16)15-9-4-5-10(13)8(6-9)7-14/h4-6H,7,14H2,1-3H3,(H,15,16). The van der Waals surface area contributed by atoms with Gasteiger partial charge in [-0.2, -0.15) is 0 Å². The van der Waals surface area contributed by atoms with Gasteiger partial charge in [0.25, 0.3) is 5.91 Å². The molecule has 1 aromatic carbocycles. The predicted octanol–water partition coefficient (Wildman–Crippen LogP) is 1.65. The normalized spacial score (nSPS) is 11.4. The number of anilines is 1. The second kappa shape index (κ2) is 5.25. The Morgan fingerprint density at radius 2 is 2.18 bits per heavy atom. The van der Waals surface area contributed by atoms with Gasteiger partial charge in [0, 0.05) is 24.9 Å². The molecule has 0 saturated heterocycles. The molecule has 0 unspecified atom stereocenters. The van der Waals surface area contributed by atoms with Gasteiger partial charge in [-0.25, -0.2) is 4.39 Å². The molecule has 0 aliphatic rings. The van der Waals surface area contributed by atoms with Crippen molar-refractivity contribution in [3.05, 3.63) is 29.6 Å². The van der Waals surface area contributed by atoms with Gasteiger partial charge in [0.1, 0.15) is 11.4 Å². The van der Waals surface area contributed by atoms with Crippen LogP contribution in [0.2, 0.25) is 0 Å². The highest BCUT2D eigenvalue weighted by atomic mass is 19.1. The van der Waals surface area contributed by atoms with Gasteiger partial charge < -0.3 is 15.8 Å². The monoisotopic (exact) mass is 240 g/mol. The number of carbonyl (C=O) groups excluding carboxylic acids is 1. The second-order valence-electron chi connectivity index (χ2n) is 4.18. The molecule has 0 radical (unpaired) electrons. The quantitative estimate of drug-likeness (QED) is 0.841. The number of nitrogens with one attached hydrogen (secondary N) is 1. The highest BCUT2D eigenvalue weighted by molar-refractivity contribution is 5.96. The lowest BCUT2D eigenvalue weighted by Crippen LogP contribution is -2.38. The number of ether oxygens (including phenoxy) is 1. The predicted molar refractivity (Wildman–Crippen MR) is 64.0 cm³/mol. The van der Waals surface area contributed by atoms with Gasteiger partial charge in [-0.3, -0.25) is 4.79 Å². The lowest BCUT2D eigenvalue weighted by molar-refractivity contribution is -0.133. The van der Waals surface area contributed by atoms with Crippen LogP contribution in [0.15, 0.2) is 18.2 Å². The van der Waals surface area contributed by atoms with Crippen molar-refractivity contribution in [1.29, 1.82) is 0 Å². The summed E-state index contributed by atoms with van der Waals surface area (Å²) in [4.78, 5) is 11.8. The van der Waals surface area contributed by atoms with E-state index >= 15 is 0 Å². The molecule has 1 rings (SSSR count). The van der Waals surface area contributed by atoms with Crippen LogP contribution in [0.3, 0.4) is 0 Å². The molecule has 3 N–H and O–H groups in total. The Labute approximate surface area is 100.0 Å². The van der Waals surface area contributed by atoms with Gasteiger partial charge in [-0.15, -0.1) is 0 Å². The van der Waals surface area contributed by atoms with Crippen molar-refractivity contribution in [2.75, 3.05) is 12.4 Å². The van der Waals surface area contributed by atoms with Crippen molar-refractivity contribution < 1.29 is 13.9 Å². The van der Waals surface area contributed by atoms with Crippen LogP contribution in [0.5, 0.6) is 0 Å². The van der Waals surface area contributed by atoms with E-state index in [4.69, 9.17) is 10.5 Å². The topological polar surface area (TPSA) is 64.3 Å². The summed E-state index contributed by atoms with van der Waals surface area (Å²) in [5, 5.41) is 2.65. The largest absolute Gasteiger partial charge is 0.369 e. The number of nitrogens with two attached hydrogens (primary N) is 1. The van der Waals surface area contributed by atoms with Gasteiger partial charge in [-0.1, -0.05) is 0 Å². The number of benzene rings is 1. The first kappa shape index (κ1) is 13.6. The van der Waals surface area contributed by atoms with Crippen molar-refractivity contribution in [1.82, 2.24) is 0 Å². The zero-order valence-electron chi connectivity index (χ0n) is 10.2. The van der Waals surface area contributed by atoms with Gasteiger partial charge in [-0.05, 0) is 32.0 Å². The van der Waals surface area contributed by atoms with Gasteiger partial charge in [0.2, 0.25) is 0 Å². The molecule has 17 heavy (non-hydrogen) atoms. The van der Waals surface area contributed by atoms with Crippen LogP contribution >= 0.6 is 0 Å². The number of amides is 1.